The summed E-state index contributed by atoms with van der Waals surface area (Å²) in [5.74, 6) is 2.27. The van der Waals surface area contributed by atoms with Crippen LogP contribution in [0.2, 0.25) is 0 Å². The van der Waals surface area contributed by atoms with Crippen LogP contribution in [0, 0.1) is 31.6 Å². The van der Waals surface area contributed by atoms with Crippen molar-refractivity contribution in [3.05, 3.63) is 88.2 Å². The largest absolute Gasteiger partial charge is 0.416 e. The third-order valence-electron chi connectivity index (χ3n) is 9.26. The molecule has 0 radical (unpaired) electrons. The van der Waals surface area contributed by atoms with Gasteiger partial charge in [-0.1, -0.05) is 30.3 Å². The molecule has 0 atom stereocenters. The predicted octanol–water partition coefficient (Wildman–Crippen LogP) is 7.27. The third kappa shape index (κ3) is 5.04. The van der Waals surface area contributed by atoms with Crippen molar-refractivity contribution in [2.75, 3.05) is 0 Å². The van der Waals surface area contributed by atoms with Gasteiger partial charge in [-0.05, 0) is 111 Å². The molecule has 0 unspecified atom stereocenters. The normalized spacial score (nSPS) is 25.9. The number of carbonyl (C=O) groups excluding carboxylic acids is 1. The van der Waals surface area contributed by atoms with Crippen LogP contribution in [0.25, 0.3) is 5.69 Å². The van der Waals surface area contributed by atoms with E-state index in [0.29, 0.717) is 5.41 Å². The average molecular weight is 534 g/mol. The molecule has 39 heavy (non-hydrogen) atoms. The van der Waals surface area contributed by atoms with E-state index < -0.39 is 17.6 Å². The smallest absolute Gasteiger partial charge is 0.318 e. The van der Waals surface area contributed by atoms with Crippen molar-refractivity contribution >= 4 is 12.1 Å². The lowest BCUT2D eigenvalue weighted by atomic mass is 9.48. The Kier molecular flexibility index (Phi) is 6.43. The number of amides is 1. The molecule has 4 bridgehead atoms. The fourth-order valence-corrected chi connectivity index (χ4v) is 8.00. The average Bonchev–Trinajstić information content (AvgIpc) is 3.15. The molecule has 4 aliphatic carbocycles. The van der Waals surface area contributed by atoms with Crippen molar-refractivity contribution in [2.45, 2.75) is 70.4 Å². The summed E-state index contributed by atoms with van der Waals surface area (Å²) in [6, 6.07) is 15.9. The third-order valence-corrected chi connectivity index (χ3v) is 9.26. The van der Waals surface area contributed by atoms with Crippen LogP contribution < -0.4 is 5.43 Å². The number of hydrogen-bond donors (Lipinski definition) is 1. The summed E-state index contributed by atoms with van der Waals surface area (Å²) in [5, 5.41) is 4.08. The van der Waals surface area contributed by atoms with Crippen LogP contribution in [0.1, 0.15) is 72.2 Å². The Labute approximate surface area is 227 Å². The maximum atomic E-state index is 12.9. The minimum absolute atomic E-state index is 0.184. The molecule has 0 spiro atoms. The second-order valence-corrected chi connectivity index (χ2v) is 12.1. The molecule has 1 amide bonds. The molecule has 4 aliphatic rings. The van der Waals surface area contributed by atoms with E-state index >= 15 is 0 Å². The number of benzene rings is 2. The van der Waals surface area contributed by atoms with E-state index in [2.05, 4.69) is 39.4 Å². The van der Waals surface area contributed by atoms with Gasteiger partial charge in [0.25, 0.3) is 0 Å². The molecule has 1 N–H and O–H groups in total. The number of carbonyl (C=O) groups is 1. The van der Waals surface area contributed by atoms with Crippen LogP contribution in [0.15, 0.2) is 59.7 Å². The summed E-state index contributed by atoms with van der Waals surface area (Å²) in [7, 11) is 0. The van der Waals surface area contributed by atoms with Gasteiger partial charge in [-0.2, -0.15) is 18.3 Å². The highest BCUT2D eigenvalue weighted by molar-refractivity contribution is 5.84. The number of nitrogens with zero attached hydrogens (tertiary/aromatic N) is 2. The van der Waals surface area contributed by atoms with E-state index in [0.717, 1.165) is 52.5 Å². The van der Waals surface area contributed by atoms with Crippen molar-refractivity contribution < 1.29 is 18.0 Å². The van der Waals surface area contributed by atoms with Crippen molar-refractivity contribution in [3.63, 3.8) is 0 Å². The lowest BCUT2D eigenvalue weighted by Crippen LogP contribution is -2.48. The fraction of sp³-hybridized carbons (Fsp3) is 0.438. The summed E-state index contributed by atoms with van der Waals surface area (Å²) >= 11 is 0. The second kappa shape index (κ2) is 9.68. The van der Waals surface area contributed by atoms with Gasteiger partial charge in [0.05, 0.1) is 18.2 Å². The predicted molar refractivity (Wildman–Crippen MR) is 146 cm³/mol. The molecule has 1 heterocycles. The van der Waals surface area contributed by atoms with Crippen LogP contribution in [0.4, 0.5) is 13.2 Å². The fourth-order valence-electron chi connectivity index (χ4n) is 8.00. The Morgan fingerprint density at radius 3 is 2.26 bits per heavy atom. The Morgan fingerprint density at radius 1 is 1.00 bits per heavy atom. The van der Waals surface area contributed by atoms with Gasteiger partial charge < -0.3 is 4.57 Å². The van der Waals surface area contributed by atoms with E-state index in [-0.39, 0.29) is 12.0 Å². The zero-order valence-electron chi connectivity index (χ0n) is 22.4. The molecule has 7 heteroatoms. The van der Waals surface area contributed by atoms with Gasteiger partial charge in [0, 0.05) is 22.6 Å². The maximum absolute atomic E-state index is 12.9. The number of aryl methyl sites for hydroxylation is 1. The minimum Gasteiger partial charge on any atom is -0.318 e. The van der Waals surface area contributed by atoms with E-state index in [1.165, 1.54) is 56.2 Å². The monoisotopic (exact) mass is 533 g/mol. The maximum Gasteiger partial charge on any atom is 0.416 e. The molecule has 1 aromatic heterocycles. The van der Waals surface area contributed by atoms with Gasteiger partial charge in [0.1, 0.15) is 0 Å². The van der Waals surface area contributed by atoms with E-state index in [9.17, 15) is 18.0 Å². The number of hydrogen-bond acceptors (Lipinski definition) is 2. The van der Waals surface area contributed by atoms with Crippen LogP contribution in [0.5, 0.6) is 0 Å². The van der Waals surface area contributed by atoms with Gasteiger partial charge >= 0.3 is 6.18 Å². The molecule has 0 aliphatic heterocycles. The van der Waals surface area contributed by atoms with Crippen molar-refractivity contribution in [3.8, 4) is 5.69 Å². The van der Waals surface area contributed by atoms with Gasteiger partial charge in [-0.25, -0.2) is 5.43 Å². The molecule has 204 valence electrons. The summed E-state index contributed by atoms with van der Waals surface area (Å²) < 4.78 is 41.0. The Balaban J connectivity index is 1.13. The SMILES string of the molecule is Cc1cc(C=NNC(=O)Cc2cccc(C(F)(F)F)c2)c(C)n1-c1ccc(C23CC4CC(CC(C4)C2)C3)cc1. The summed E-state index contributed by atoms with van der Waals surface area (Å²) in [4.78, 5) is 12.3. The zero-order chi connectivity index (χ0) is 27.4. The standard InChI is InChI=1S/C32H34F3N3O/c1-20-10-26(19-36-37-30(39)15-22-4-3-5-28(14-22)32(33,34)35)21(2)38(20)29-8-6-27(7-9-29)31-16-23-11-24(17-31)13-25(12-23)18-31/h3-10,14,19,23-25H,11-13,15-18H2,1-2H3,(H,37,39). The number of hydrazone groups is 1. The Hall–Kier alpha value is -3.35. The number of nitrogens with one attached hydrogen (secondary N) is 1. The van der Waals surface area contributed by atoms with Crippen molar-refractivity contribution in [1.82, 2.24) is 9.99 Å². The summed E-state index contributed by atoms with van der Waals surface area (Å²) in [6.07, 6.45) is 5.32. The molecular weight excluding hydrogens is 499 g/mol. The van der Waals surface area contributed by atoms with E-state index in [1.54, 1.807) is 6.21 Å². The molecule has 4 nitrogen and oxygen atoms in total. The van der Waals surface area contributed by atoms with Crippen LogP contribution in [-0.2, 0) is 22.8 Å². The lowest BCUT2D eigenvalue weighted by Gasteiger charge is -2.57. The molecule has 0 saturated heterocycles. The van der Waals surface area contributed by atoms with Crippen LogP contribution in [-0.4, -0.2) is 16.7 Å². The topological polar surface area (TPSA) is 46.4 Å². The molecule has 4 saturated carbocycles. The molecule has 7 rings (SSSR count). The first-order valence-corrected chi connectivity index (χ1v) is 13.9. The molecular formula is C32H34F3N3O. The number of alkyl halides is 3. The summed E-state index contributed by atoms with van der Waals surface area (Å²) in [5.41, 5.74) is 7.87. The van der Waals surface area contributed by atoms with Crippen molar-refractivity contribution in [2.24, 2.45) is 22.9 Å². The number of aromatic nitrogens is 1. The first-order chi connectivity index (χ1) is 18.6. The first-order valence-electron chi connectivity index (χ1n) is 13.9. The molecule has 3 aromatic rings. The highest BCUT2D eigenvalue weighted by Crippen LogP contribution is 2.60. The first kappa shape index (κ1) is 25.9. The Bertz CT molecular complexity index is 1380. The highest BCUT2D eigenvalue weighted by Gasteiger charge is 2.51. The van der Waals surface area contributed by atoms with Gasteiger partial charge in [0.2, 0.25) is 5.91 Å². The van der Waals surface area contributed by atoms with Gasteiger partial charge in [-0.3, -0.25) is 4.79 Å². The van der Waals surface area contributed by atoms with E-state index in [1.807, 2.05) is 19.9 Å². The zero-order valence-corrected chi connectivity index (χ0v) is 22.4. The number of halogens is 3. The molecule has 2 aromatic carbocycles. The minimum atomic E-state index is -4.44. The van der Waals surface area contributed by atoms with Crippen molar-refractivity contribution in [1.29, 1.82) is 0 Å². The van der Waals surface area contributed by atoms with Gasteiger partial charge in [-0.15, -0.1) is 0 Å². The number of rotatable bonds is 6. The van der Waals surface area contributed by atoms with Crippen LogP contribution >= 0.6 is 0 Å². The van der Waals surface area contributed by atoms with E-state index in [4.69, 9.17) is 0 Å². The molecule has 4 fully saturated rings. The Morgan fingerprint density at radius 2 is 1.64 bits per heavy atom. The van der Waals surface area contributed by atoms with Crippen LogP contribution in [0.3, 0.4) is 0 Å². The second-order valence-electron chi connectivity index (χ2n) is 12.1. The van der Waals surface area contributed by atoms with Gasteiger partial charge in [0.15, 0.2) is 0 Å². The lowest BCUT2D eigenvalue weighted by molar-refractivity contribution is -0.137. The quantitative estimate of drug-likeness (QED) is 0.263. The highest BCUT2D eigenvalue weighted by atomic mass is 19.4. The summed E-state index contributed by atoms with van der Waals surface area (Å²) in [6.45, 7) is 4.06.